The number of nitrogens with zero attached hydrogens (tertiary/aromatic N) is 3. The molecule has 0 amide bonds. The van der Waals surface area contributed by atoms with E-state index in [0.29, 0.717) is 12.0 Å². The minimum Gasteiger partial charge on any atom is -0.475 e. The molecule has 1 fully saturated rings. The summed E-state index contributed by atoms with van der Waals surface area (Å²) in [5.41, 5.74) is 2.70. The summed E-state index contributed by atoms with van der Waals surface area (Å²) in [6.45, 7) is 6.42. The first-order valence-corrected chi connectivity index (χ1v) is 11.1. The molecule has 2 aliphatic rings. The number of benzene rings is 1. The van der Waals surface area contributed by atoms with Crippen molar-refractivity contribution in [1.82, 2.24) is 14.7 Å². The molecule has 0 saturated carbocycles. The van der Waals surface area contributed by atoms with Gasteiger partial charge in [-0.1, -0.05) is 30.3 Å². The zero-order valence-corrected chi connectivity index (χ0v) is 18.4. The van der Waals surface area contributed by atoms with Gasteiger partial charge in [-0.25, -0.2) is 4.79 Å². The predicted octanol–water partition coefficient (Wildman–Crippen LogP) is 3.56. The van der Waals surface area contributed by atoms with Gasteiger partial charge in [0.1, 0.15) is 0 Å². The van der Waals surface area contributed by atoms with Gasteiger partial charge >= 0.3 is 12.1 Å². The molecule has 7 nitrogen and oxygen atoms in total. The molecule has 33 heavy (non-hydrogen) atoms. The monoisotopic (exact) mass is 469 g/mol. The number of aliphatic carboxylic acids is 1. The first-order chi connectivity index (χ1) is 15.8. The Labute approximate surface area is 191 Å². The summed E-state index contributed by atoms with van der Waals surface area (Å²) in [5.74, 6) is -2.11. The molecule has 0 aliphatic carbocycles. The zero-order valence-electron chi connectivity index (χ0n) is 18.4. The van der Waals surface area contributed by atoms with Crippen LogP contribution in [-0.4, -0.2) is 71.4 Å². The Bertz CT molecular complexity index is 854. The number of rotatable bonds is 7. The van der Waals surface area contributed by atoms with E-state index in [1.807, 2.05) is 6.20 Å². The van der Waals surface area contributed by atoms with Crippen LogP contribution < -0.4 is 0 Å². The summed E-state index contributed by atoms with van der Waals surface area (Å²) in [6, 6.07) is 13.2. The molecule has 1 atom stereocenters. The first kappa shape index (κ1) is 25.2. The maximum absolute atomic E-state index is 10.6. The largest absolute Gasteiger partial charge is 0.490 e. The second-order valence-corrected chi connectivity index (χ2v) is 8.29. The summed E-state index contributed by atoms with van der Waals surface area (Å²) in [7, 11) is 0. The van der Waals surface area contributed by atoms with Crippen molar-refractivity contribution in [3.63, 3.8) is 0 Å². The summed E-state index contributed by atoms with van der Waals surface area (Å²) < 4.78 is 45.4. The molecule has 10 heteroatoms. The van der Waals surface area contributed by atoms with Gasteiger partial charge in [-0.2, -0.15) is 18.3 Å². The SMILES string of the molecule is O=C(O)C(F)(F)F.c1ccc(CCN2Cc3ccnn3C(COCC3CCOCC3)C2)cc1. The van der Waals surface area contributed by atoms with Crippen molar-refractivity contribution < 1.29 is 32.5 Å². The van der Waals surface area contributed by atoms with Crippen LogP contribution >= 0.6 is 0 Å². The molecule has 3 heterocycles. The van der Waals surface area contributed by atoms with Crippen LogP contribution in [0.25, 0.3) is 0 Å². The molecule has 0 spiro atoms. The average molecular weight is 470 g/mol. The summed E-state index contributed by atoms with van der Waals surface area (Å²) in [4.78, 5) is 11.4. The van der Waals surface area contributed by atoms with Crippen molar-refractivity contribution in [2.75, 3.05) is 39.5 Å². The molecule has 0 bridgehead atoms. The topological polar surface area (TPSA) is 76.8 Å². The molecule has 1 aromatic carbocycles. The molecule has 1 unspecified atom stereocenters. The maximum atomic E-state index is 10.6. The summed E-state index contributed by atoms with van der Waals surface area (Å²) in [6.07, 6.45) is 0.175. The fourth-order valence-electron chi connectivity index (χ4n) is 3.97. The van der Waals surface area contributed by atoms with Gasteiger partial charge in [-0.3, -0.25) is 9.58 Å². The van der Waals surface area contributed by atoms with Crippen molar-refractivity contribution in [2.45, 2.75) is 38.0 Å². The van der Waals surface area contributed by atoms with Gasteiger partial charge in [0.2, 0.25) is 0 Å². The smallest absolute Gasteiger partial charge is 0.475 e. The number of carbonyl (C=O) groups is 1. The van der Waals surface area contributed by atoms with E-state index < -0.39 is 12.1 Å². The first-order valence-electron chi connectivity index (χ1n) is 11.1. The van der Waals surface area contributed by atoms with E-state index in [4.69, 9.17) is 19.4 Å². The Morgan fingerprint density at radius 1 is 1.15 bits per heavy atom. The van der Waals surface area contributed by atoms with Gasteiger partial charge in [-0.15, -0.1) is 0 Å². The number of halogens is 3. The van der Waals surface area contributed by atoms with E-state index in [9.17, 15) is 13.2 Å². The quantitative estimate of drug-likeness (QED) is 0.668. The van der Waals surface area contributed by atoms with Crippen LogP contribution in [0.1, 0.15) is 30.1 Å². The van der Waals surface area contributed by atoms with E-state index in [1.165, 1.54) is 11.3 Å². The van der Waals surface area contributed by atoms with Crippen molar-refractivity contribution in [2.24, 2.45) is 5.92 Å². The molecule has 1 N–H and O–H groups in total. The molecular weight excluding hydrogens is 439 g/mol. The van der Waals surface area contributed by atoms with Gasteiger partial charge < -0.3 is 14.6 Å². The lowest BCUT2D eigenvalue weighted by Crippen LogP contribution is -2.40. The lowest BCUT2D eigenvalue weighted by atomic mass is 10.0. The molecular formula is C23H30F3N3O4. The third-order valence-electron chi connectivity index (χ3n) is 5.76. The maximum Gasteiger partial charge on any atom is 0.490 e. The van der Waals surface area contributed by atoms with Gasteiger partial charge in [-0.05, 0) is 36.8 Å². The predicted molar refractivity (Wildman–Crippen MR) is 115 cm³/mol. The van der Waals surface area contributed by atoms with Crippen LogP contribution in [0.5, 0.6) is 0 Å². The Morgan fingerprint density at radius 2 is 1.85 bits per heavy atom. The minimum absolute atomic E-state index is 0.310. The Morgan fingerprint density at radius 3 is 2.52 bits per heavy atom. The molecule has 2 aliphatic heterocycles. The molecule has 1 saturated heterocycles. The standard InChI is InChI=1S/C21H29N3O2.C2HF3O2/c1-2-4-18(5-3-1)7-11-23-14-20-6-10-22-24(20)21(15-23)17-26-16-19-8-12-25-13-9-19;3-2(4,5)1(6)7/h1-6,10,19,21H,7-9,11-17H2;(H,6,7). The van der Waals surface area contributed by atoms with Crippen LogP contribution in [0.15, 0.2) is 42.6 Å². The van der Waals surface area contributed by atoms with Crippen LogP contribution in [0, 0.1) is 5.92 Å². The fraction of sp³-hybridized carbons (Fsp3) is 0.565. The second kappa shape index (κ2) is 12.2. The highest BCUT2D eigenvalue weighted by molar-refractivity contribution is 5.73. The lowest BCUT2D eigenvalue weighted by Gasteiger charge is -2.34. The van der Waals surface area contributed by atoms with Crippen molar-refractivity contribution in [3.05, 3.63) is 53.9 Å². The number of fused-ring (bicyclic) bond motifs is 1. The Balaban J connectivity index is 0.000000383. The van der Waals surface area contributed by atoms with Crippen LogP contribution in [0.3, 0.4) is 0 Å². The summed E-state index contributed by atoms with van der Waals surface area (Å²) in [5, 5.41) is 11.7. The number of ether oxygens (including phenoxy) is 2. The second-order valence-electron chi connectivity index (χ2n) is 8.29. The summed E-state index contributed by atoms with van der Waals surface area (Å²) >= 11 is 0. The van der Waals surface area contributed by atoms with Crippen molar-refractivity contribution in [1.29, 1.82) is 0 Å². The van der Waals surface area contributed by atoms with E-state index in [0.717, 1.165) is 65.3 Å². The van der Waals surface area contributed by atoms with Gasteiger partial charge in [0, 0.05) is 45.7 Å². The average Bonchev–Trinajstić information content (AvgIpc) is 3.28. The van der Waals surface area contributed by atoms with Crippen molar-refractivity contribution >= 4 is 5.97 Å². The van der Waals surface area contributed by atoms with Gasteiger partial charge in [0.15, 0.2) is 0 Å². The highest BCUT2D eigenvalue weighted by Gasteiger charge is 2.38. The Hall–Kier alpha value is -2.43. The highest BCUT2D eigenvalue weighted by atomic mass is 19.4. The Kier molecular flexibility index (Phi) is 9.28. The van der Waals surface area contributed by atoms with E-state index in [2.05, 4.69) is 51.1 Å². The molecule has 182 valence electrons. The van der Waals surface area contributed by atoms with Crippen LogP contribution in [0.2, 0.25) is 0 Å². The van der Waals surface area contributed by atoms with Crippen LogP contribution in [-0.2, 0) is 27.2 Å². The van der Waals surface area contributed by atoms with E-state index >= 15 is 0 Å². The van der Waals surface area contributed by atoms with E-state index in [-0.39, 0.29) is 0 Å². The van der Waals surface area contributed by atoms with Crippen molar-refractivity contribution in [3.8, 4) is 0 Å². The molecule has 1 aromatic heterocycles. The van der Waals surface area contributed by atoms with Crippen LogP contribution in [0.4, 0.5) is 13.2 Å². The molecule has 0 radical (unpaired) electrons. The number of carboxylic acid groups (broad SMARTS) is 1. The number of aromatic nitrogens is 2. The third-order valence-corrected chi connectivity index (χ3v) is 5.76. The van der Waals surface area contributed by atoms with Gasteiger partial charge in [0.25, 0.3) is 0 Å². The number of alkyl halides is 3. The number of hydrogen-bond acceptors (Lipinski definition) is 5. The van der Waals surface area contributed by atoms with E-state index in [1.54, 1.807) is 0 Å². The normalized spacial score (nSPS) is 19.4. The lowest BCUT2D eigenvalue weighted by molar-refractivity contribution is -0.192. The van der Waals surface area contributed by atoms with Gasteiger partial charge in [0.05, 0.1) is 18.3 Å². The fourth-order valence-corrected chi connectivity index (χ4v) is 3.97. The highest BCUT2D eigenvalue weighted by Crippen LogP contribution is 2.22. The number of carboxylic acids is 1. The molecule has 4 rings (SSSR count). The molecule has 2 aromatic rings. The minimum atomic E-state index is -5.08. The zero-order chi connectivity index (χ0) is 23.7. The third kappa shape index (κ3) is 8.13. The number of hydrogen-bond donors (Lipinski definition) is 1.